The van der Waals surface area contributed by atoms with E-state index in [4.69, 9.17) is 4.74 Å². The van der Waals surface area contributed by atoms with E-state index in [1.54, 1.807) is 0 Å². The Morgan fingerprint density at radius 2 is 2.22 bits per heavy atom. The standard InChI is InChI=1S/C15H22O3/c1-8-5-4-6-15(3)7-10-11(13(16)12(8)15)9(2)14(17)18-10/h9-13,16H,1,4-7H2,2-3H3. The molecule has 18 heavy (non-hydrogen) atoms. The Balaban J connectivity index is 1.96. The Bertz CT molecular complexity index is 403. The zero-order chi connectivity index (χ0) is 13.1. The molecule has 0 spiro atoms. The first-order valence-electron chi connectivity index (χ1n) is 7.00. The SMILES string of the molecule is C=C1CCCC2(C)CC3OC(=O)C(C)C3C(O)C12. The van der Waals surface area contributed by atoms with Crippen LogP contribution in [0.1, 0.15) is 39.5 Å². The lowest BCUT2D eigenvalue weighted by molar-refractivity contribution is -0.147. The molecule has 1 saturated heterocycles. The molecule has 0 aromatic heterocycles. The maximum Gasteiger partial charge on any atom is 0.309 e. The number of aliphatic hydroxyl groups excluding tert-OH is 1. The highest BCUT2D eigenvalue weighted by atomic mass is 16.6. The molecular formula is C15H22O3. The first kappa shape index (κ1) is 12.2. The second-order valence-electron chi connectivity index (χ2n) is 6.68. The van der Waals surface area contributed by atoms with Gasteiger partial charge in [0, 0.05) is 11.8 Å². The summed E-state index contributed by atoms with van der Waals surface area (Å²) >= 11 is 0. The summed E-state index contributed by atoms with van der Waals surface area (Å²) in [5, 5.41) is 10.7. The summed E-state index contributed by atoms with van der Waals surface area (Å²) in [5.41, 5.74) is 1.22. The second kappa shape index (κ2) is 3.83. The maximum atomic E-state index is 11.7. The van der Waals surface area contributed by atoms with Gasteiger partial charge in [0.05, 0.1) is 12.0 Å². The lowest BCUT2D eigenvalue weighted by Crippen LogP contribution is -2.53. The van der Waals surface area contributed by atoms with Gasteiger partial charge in [0.1, 0.15) is 6.10 Å². The molecule has 3 nitrogen and oxygen atoms in total. The van der Waals surface area contributed by atoms with Crippen LogP contribution < -0.4 is 0 Å². The fourth-order valence-electron chi connectivity index (χ4n) is 4.60. The highest BCUT2D eigenvalue weighted by Crippen LogP contribution is 2.56. The molecule has 2 saturated carbocycles. The molecule has 3 heteroatoms. The van der Waals surface area contributed by atoms with Crippen molar-refractivity contribution in [2.24, 2.45) is 23.2 Å². The van der Waals surface area contributed by atoms with Crippen LogP contribution in [0.25, 0.3) is 0 Å². The van der Waals surface area contributed by atoms with Crippen LogP contribution in [0.3, 0.4) is 0 Å². The molecule has 1 heterocycles. The first-order chi connectivity index (χ1) is 8.44. The van der Waals surface area contributed by atoms with Crippen LogP contribution in [-0.2, 0) is 9.53 Å². The Morgan fingerprint density at radius 1 is 1.50 bits per heavy atom. The summed E-state index contributed by atoms with van der Waals surface area (Å²) in [5.74, 6) is -0.212. The molecule has 0 aromatic carbocycles. The topological polar surface area (TPSA) is 46.5 Å². The van der Waals surface area contributed by atoms with Crippen molar-refractivity contribution in [3.05, 3.63) is 12.2 Å². The number of esters is 1. The minimum absolute atomic E-state index is 0.0366. The second-order valence-corrected chi connectivity index (χ2v) is 6.68. The van der Waals surface area contributed by atoms with E-state index in [1.807, 2.05) is 6.92 Å². The van der Waals surface area contributed by atoms with Gasteiger partial charge in [0.2, 0.25) is 0 Å². The highest BCUT2D eigenvalue weighted by Gasteiger charge is 2.58. The molecule has 3 fully saturated rings. The summed E-state index contributed by atoms with van der Waals surface area (Å²) in [4.78, 5) is 11.7. The largest absolute Gasteiger partial charge is 0.462 e. The van der Waals surface area contributed by atoms with Crippen LogP contribution in [-0.4, -0.2) is 23.3 Å². The first-order valence-corrected chi connectivity index (χ1v) is 7.00. The Labute approximate surface area is 108 Å². The number of fused-ring (bicyclic) bond motifs is 2. The number of rotatable bonds is 0. The van der Waals surface area contributed by atoms with Crippen LogP contribution in [0.5, 0.6) is 0 Å². The molecule has 6 unspecified atom stereocenters. The predicted molar refractivity (Wildman–Crippen MR) is 67.7 cm³/mol. The lowest BCUT2D eigenvalue weighted by Gasteiger charge is -2.52. The van der Waals surface area contributed by atoms with E-state index in [9.17, 15) is 9.90 Å². The summed E-state index contributed by atoms with van der Waals surface area (Å²) in [6.07, 6.45) is 3.58. The van der Waals surface area contributed by atoms with Crippen molar-refractivity contribution in [3.63, 3.8) is 0 Å². The van der Waals surface area contributed by atoms with Crippen molar-refractivity contribution < 1.29 is 14.6 Å². The summed E-state index contributed by atoms with van der Waals surface area (Å²) in [6.45, 7) is 8.27. The quantitative estimate of drug-likeness (QED) is 0.530. The van der Waals surface area contributed by atoms with E-state index < -0.39 is 6.10 Å². The van der Waals surface area contributed by atoms with Crippen molar-refractivity contribution in [1.82, 2.24) is 0 Å². The summed E-state index contributed by atoms with van der Waals surface area (Å²) < 4.78 is 5.47. The van der Waals surface area contributed by atoms with Gasteiger partial charge in [0.25, 0.3) is 0 Å². The molecule has 0 bridgehead atoms. The van der Waals surface area contributed by atoms with Crippen LogP contribution in [0, 0.1) is 23.2 Å². The third-order valence-corrected chi connectivity index (χ3v) is 5.49. The van der Waals surface area contributed by atoms with Crippen LogP contribution in [0.4, 0.5) is 0 Å². The number of carbonyl (C=O) groups is 1. The molecule has 0 amide bonds. The minimum Gasteiger partial charge on any atom is -0.462 e. The molecule has 2 aliphatic carbocycles. The normalized spacial score (nSPS) is 51.6. The molecule has 0 aromatic rings. The summed E-state index contributed by atoms with van der Waals surface area (Å²) in [6, 6.07) is 0. The number of aliphatic hydroxyl groups is 1. The van der Waals surface area contributed by atoms with E-state index in [-0.39, 0.29) is 35.2 Å². The van der Waals surface area contributed by atoms with E-state index in [1.165, 1.54) is 5.57 Å². The maximum absolute atomic E-state index is 11.7. The molecule has 3 aliphatic rings. The monoisotopic (exact) mass is 250 g/mol. The molecule has 6 atom stereocenters. The van der Waals surface area contributed by atoms with Crippen molar-refractivity contribution >= 4 is 5.97 Å². The van der Waals surface area contributed by atoms with E-state index in [0.717, 1.165) is 25.7 Å². The van der Waals surface area contributed by atoms with Crippen LogP contribution in [0.2, 0.25) is 0 Å². The number of hydrogen-bond donors (Lipinski definition) is 1. The van der Waals surface area contributed by atoms with Gasteiger partial charge in [0.15, 0.2) is 0 Å². The van der Waals surface area contributed by atoms with E-state index in [2.05, 4.69) is 13.5 Å². The van der Waals surface area contributed by atoms with Crippen molar-refractivity contribution in [3.8, 4) is 0 Å². The third-order valence-electron chi connectivity index (χ3n) is 5.49. The van der Waals surface area contributed by atoms with Crippen molar-refractivity contribution in [2.45, 2.75) is 51.7 Å². The minimum atomic E-state index is -0.469. The molecule has 1 N–H and O–H groups in total. The Kier molecular flexibility index (Phi) is 2.60. The molecule has 1 aliphatic heterocycles. The lowest BCUT2D eigenvalue weighted by atomic mass is 9.54. The number of hydrogen-bond acceptors (Lipinski definition) is 3. The van der Waals surface area contributed by atoms with Crippen LogP contribution in [0.15, 0.2) is 12.2 Å². The van der Waals surface area contributed by atoms with Crippen LogP contribution >= 0.6 is 0 Å². The van der Waals surface area contributed by atoms with Gasteiger partial charge >= 0.3 is 5.97 Å². The fourth-order valence-corrected chi connectivity index (χ4v) is 4.60. The smallest absolute Gasteiger partial charge is 0.309 e. The Morgan fingerprint density at radius 3 is 2.94 bits per heavy atom. The van der Waals surface area contributed by atoms with Gasteiger partial charge in [-0.25, -0.2) is 0 Å². The number of carbonyl (C=O) groups excluding carboxylic acids is 1. The van der Waals surface area contributed by atoms with Gasteiger partial charge in [-0.2, -0.15) is 0 Å². The molecule has 100 valence electrons. The zero-order valence-corrected chi connectivity index (χ0v) is 11.2. The molecule has 0 radical (unpaired) electrons. The third kappa shape index (κ3) is 1.49. The van der Waals surface area contributed by atoms with E-state index >= 15 is 0 Å². The number of ether oxygens (including phenoxy) is 1. The van der Waals surface area contributed by atoms with Crippen molar-refractivity contribution in [1.29, 1.82) is 0 Å². The van der Waals surface area contributed by atoms with Gasteiger partial charge in [-0.05, 0) is 31.1 Å². The highest BCUT2D eigenvalue weighted by molar-refractivity contribution is 5.75. The average molecular weight is 250 g/mol. The van der Waals surface area contributed by atoms with Crippen molar-refractivity contribution in [2.75, 3.05) is 0 Å². The van der Waals surface area contributed by atoms with Gasteiger partial charge in [-0.1, -0.05) is 26.0 Å². The van der Waals surface area contributed by atoms with Gasteiger partial charge < -0.3 is 9.84 Å². The molecule has 3 rings (SSSR count). The average Bonchev–Trinajstić information content (AvgIpc) is 2.53. The van der Waals surface area contributed by atoms with Gasteiger partial charge in [-0.3, -0.25) is 4.79 Å². The van der Waals surface area contributed by atoms with E-state index in [0.29, 0.717) is 0 Å². The van der Waals surface area contributed by atoms with Gasteiger partial charge in [-0.15, -0.1) is 0 Å². The zero-order valence-electron chi connectivity index (χ0n) is 11.2. The Hall–Kier alpha value is -0.830. The predicted octanol–water partition coefficient (Wildman–Crippen LogP) is 2.29. The summed E-state index contributed by atoms with van der Waals surface area (Å²) in [7, 11) is 0. The molecular weight excluding hydrogens is 228 g/mol. The fraction of sp³-hybridized carbons (Fsp3) is 0.800.